The van der Waals surface area contributed by atoms with E-state index in [0.717, 1.165) is 5.56 Å². The molecule has 0 bridgehead atoms. The first kappa shape index (κ1) is 14.8. The van der Waals surface area contributed by atoms with Gasteiger partial charge >= 0.3 is 0 Å². The SMILES string of the molecule is NCCN1C(=O)/C(=C/c2ccc(Cl)c(Cl)c2)SC1=S. The van der Waals surface area contributed by atoms with Crippen LogP contribution in [0.4, 0.5) is 0 Å². The van der Waals surface area contributed by atoms with E-state index in [9.17, 15) is 4.79 Å². The Bertz CT molecular complexity index is 575. The van der Waals surface area contributed by atoms with Gasteiger partial charge in [0, 0.05) is 13.1 Å². The molecule has 3 nitrogen and oxygen atoms in total. The summed E-state index contributed by atoms with van der Waals surface area (Å²) in [5, 5.41) is 0.933. The number of carbonyl (C=O) groups excluding carboxylic acids is 1. The lowest BCUT2D eigenvalue weighted by Crippen LogP contribution is -2.32. The van der Waals surface area contributed by atoms with Gasteiger partial charge in [-0.1, -0.05) is 53.2 Å². The zero-order valence-electron chi connectivity index (χ0n) is 9.73. The molecule has 1 heterocycles. The van der Waals surface area contributed by atoms with Crippen molar-refractivity contribution in [1.29, 1.82) is 0 Å². The van der Waals surface area contributed by atoms with Gasteiger partial charge in [0.05, 0.1) is 15.0 Å². The van der Waals surface area contributed by atoms with Crippen LogP contribution in [-0.2, 0) is 4.79 Å². The van der Waals surface area contributed by atoms with Crippen LogP contribution in [0, 0.1) is 0 Å². The highest BCUT2D eigenvalue weighted by Gasteiger charge is 2.31. The van der Waals surface area contributed by atoms with Crippen LogP contribution in [0.15, 0.2) is 23.1 Å². The molecule has 7 heteroatoms. The molecule has 1 amide bonds. The smallest absolute Gasteiger partial charge is 0.266 e. The van der Waals surface area contributed by atoms with E-state index in [-0.39, 0.29) is 5.91 Å². The van der Waals surface area contributed by atoms with Crippen LogP contribution >= 0.6 is 47.2 Å². The Balaban J connectivity index is 2.27. The average molecular weight is 333 g/mol. The Kier molecular flexibility index (Phi) is 4.86. The molecule has 1 aliphatic rings. The minimum absolute atomic E-state index is 0.119. The summed E-state index contributed by atoms with van der Waals surface area (Å²) in [6.45, 7) is 0.815. The van der Waals surface area contributed by atoms with Crippen molar-refractivity contribution in [2.24, 2.45) is 5.73 Å². The molecule has 0 spiro atoms. The number of thiocarbonyl (C=S) groups is 1. The highest BCUT2D eigenvalue weighted by molar-refractivity contribution is 8.26. The first-order chi connectivity index (χ1) is 9.02. The second-order valence-electron chi connectivity index (χ2n) is 3.80. The number of carbonyl (C=O) groups is 1. The molecule has 2 rings (SSSR count). The van der Waals surface area contributed by atoms with Gasteiger partial charge in [-0.3, -0.25) is 9.69 Å². The molecule has 0 aromatic heterocycles. The van der Waals surface area contributed by atoms with Crippen molar-refractivity contribution in [2.75, 3.05) is 13.1 Å². The summed E-state index contributed by atoms with van der Waals surface area (Å²) in [5.74, 6) is -0.119. The summed E-state index contributed by atoms with van der Waals surface area (Å²) < 4.78 is 0.529. The van der Waals surface area contributed by atoms with E-state index in [2.05, 4.69) is 0 Å². The fraction of sp³-hybridized carbons (Fsp3) is 0.167. The van der Waals surface area contributed by atoms with E-state index in [1.54, 1.807) is 24.3 Å². The molecule has 0 atom stereocenters. The third-order valence-electron chi connectivity index (χ3n) is 2.47. The average Bonchev–Trinajstić information content (AvgIpc) is 2.62. The molecule has 1 fully saturated rings. The number of amides is 1. The Morgan fingerprint density at radius 2 is 2.11 bits per heavy atom. The van der Waals surface area contributed by atoms with E-state index in [0.29, 0.717) is 32.4 Å². The standard InChI is InChI=1S/C12H10Cl2N2OS2/c13-8-2-1-7(5-9(8)14)6-10-11(17)16(4-3-15)12(18)19-10/h1-2,5-6H,3-4,15H2/b10-6-. The van der Waals surface area contributed by atoms with Crippen LogP contribution in [0.3, 0.4) is 0 Å². The van der Waals surface area contributed by atoms with Gasteiger partial charge in [0.2, 0.25) is 0 Å². The predicted octanol–water partition coefficient (Wildman–Crippen LogP) is 3.15. The number of benzene rings is 1. The van der Waals surface area contributed by atoms with Gasteiger partial charge in [0.15, 0.2) is 0 Å². The van der Waals surface area contributed by atoms with Crippen LogP contribution in [0.1, 0.15) is 5.56 Å². The van der Waals surface area contributed by atoms with Crippen molar-refractivity contribution in [1.82, 2.24) is 4.90 Å². The molecule has 2 N–H and O–H groups in total. The summed E-state index contributed by atoms with van der Waals surface area (Å²) in [6.07, 6.45) is 1.75. The molecule has 0 aliphatic carbocycles. The number of halogens is 2. The molecule has 0 unspecified atom stereocenters. The number of thioether (sulfide) groups is 1. The fourth-order valence-corrected chi connectivity index (χ4v) is 3.19. The molecular formula is C12H10Cl2N2OS2. The van der Waals surface area contributed by atoms with Crippen LogP contribution in [0.5, 0.6) is 0 Å². The molecule has 100 valence electrons. The summed E-state index contributed by atoms with van der Waals surface area (Å²) in [4.78, 5) is 14.2. The van der Waals surface area contributed by atoms with Gasteiger partial charge in [-0.25, -0.2) is 0 Å². The zero-order chi connectivity index (χ0) is 14.0. The highest BCUT2D eigenvalue weighted by Crippen LogP contribution is 2.33. The number of nitrogens with two attached hydrogens (primary N) is 1. The van der Waals surface area contributed by atoms with E-state index in [1.165, 1.54) is 16.7 Å². The molecule has 1 aromatic rings. The van der Waals surface area contributed by atoms with Gasteiger partial charge < -0.3 is 5.73 Å². The summed E-state index contributed by atoms with van der Waals surface area (Å²) >= 11 is 18.2. The summed E-state index contributed by atoms with van der Waals surface area (Å²) in [6, 6.07) is 5.19. The van der Waals surface area contributed by atoms with Crippen molar-refractivity contribution >= 4 is 63.5 Å². The van der Waals surface area contributed by atoms with Gasteiger partial charge in [-0.05, 0) is 23.8 Å². The van der Waals surface area contributed by atoms with Crippen LogP contribution in [0.25, 0.3) is 6.08 Å². The van der Waals surface area contributed by atoms with Gasteiger partial charge in [0.1, 0.15) is 4.32 Å². The third-order valence-corrected chi connectivity index (χ3v) is 4.58. The molecule has 1 aliphatic heterocycles. The van der Waals surface area contributed by atoms with Crippen LogP contribution < -0.4 is 5.73 Å². The Hall–Kier alpha value is -0.590. The zero-order valence-corrected chi connectivity index (χ0v) is 12.9. The molecule has 0 saturated carbocycles. The third kappa shape index (κ3) is 3.30. The van der Waals surface area contributed by atoms with Crippen molar-refractivity contribution < 1.29 is 4.79 Å². The Labute approximate surface area is 130 Å². The molecule has 19 heavy (non-hydrogen) atoms. The lowest BCUT2D eigenvalue weighted by molar-refractivity contribution is -0.122. The first-order valence-corrected chi connectivity index (χ1v) is 7.41. The van der Waals surface area contributed by atoms with Crippen LogP contribution in [-0.4, -0.2) is 28.2 Å². The highest BCUT2D eigenvalue weighted by atomic mass is 35.5. The van der Waals surface area contributed by atoms with Gasteiger partial charge in [0.25, 0.3) is 5.91 Å². The minimum Gasteiger partial charge on any atom is -0.329 e. The maximum Gasteiger partial charge on any atom is 0.266 e. The largest absolute Gasteiger partial charge is 0.329 e. The molecule has 1 aromatic carbocycles. The van der Waals surface area contributed by atoms with Crippen molar-refractivity contribution in [3.05, 3.63) is 38.7 Å². The second-order valence-corrected chi connectivity index (χ2v) is 6.29. The lowest BCUT2D eigenvalue weighted by Gasteiger charge is -2.11. The van der Waals surface area contributed by atoms with Crippen molar-refractivity contribution in [2.45, 2.75) is 0 Å². The van der Waals surface area contributed by atoms with Crippen LogP contribution in [0.2, 0.25) is 10.0 Å². The molecule has 1 saturated heterocycles. The number of rotatable bonds is 3. The summed E-state index contributed by atoms with van der Waals surface area (Å²) in [5.41, 5.74) is 6.26. The fourth-order valence-electron chi connectivity index (χ4n) is 1.58. The van der Waals surface area contributed by atoms with Gasteiger partial charge in [-0.15, -0.1) is 0 Å². The first-order valence-electron chi connectivity index (χ1n) is 5.43. The van der Waals surface area contributed by atoms with Gasteiger partial charge in [-0.2, -0.15) is 0 Å². The topological polar surface area (TPSA) is 46.3 Å². The lowest BCUT2D eigenvalue weighted by atomic mass is 10.2. The maximum absolute atomic E-state index is 12.1. The number of hydrogen-bond acceptors (Lipinski definition) is 4. The Morgan fingerprint density at radius 1 is 1.37 bits per heavy atom. The quantitative estimate of drug-likeness (QED) is 0.682. The number of nitrogens with zero attached hydrogens (tertiary/aromatic N) is 1. The number of hydrogen-bond donors (Lipinski definition) is 1. The van der Waals surface area contributed by atoms with E-state index < -0.39 is 0 Å². The van der Waals surface area contributed by atoms with E-state index in [4.69, 9.17) is 41.2 Å². The predicted molar refractivity (Wildman–Crippen MR) is 85.4 cm³/mol. The summed E-state index contributed by atoms with van der Waals surface area (Å²) in [7, 11) is 0. The van der Waals surface area contributed by atoms with E-state index in [1.807, 2.05) is 0 Å². The maximum atomic E-state index is 12.1. The second kappa shape index (κ2) is 6.24. The van der Waals surface area contributed by atoms with Crippen molar-refractivity contribution in [3.63, 3.8) is 0 Å². The van der Waals surface area contributed by atoms with E-state index >= 15 is 0 Å². The monoisotopic (exact) mass is 332 g/mol. The molecule has 0 radical (unpaired) electrons. The minimum atomic E-state index is -0.119. The van der Waals surface area contributed by atoms with Crippen molar-refractivity contribution in [3.8, 4) is 0 Å². The molecular weight excluding hydrogens is 323 g/mol. The Morgan fingerprint density at radius 3 is 2.74 bits per heavy atom. The normalized spacial score (nSPS) is 17.6.